The molecule has 1 unspecified atom stereocenters. The quantitative estimate of drug-likeness (QED) is 0.514. The Morgan fingerprint density at radius 2 is 2.31 bits per heavy atom. The molecule has 1 heterocycles. The third-order valence-corrected chi connectivity index (χ3v) is 1.64. The normalized spacial score (nSPS) is 12.5. The summed E-state index contributed by atoms with van der Waals surface area (Å²) in [6, 6.07) is 1.05. The van der Waals surface area contributed by atoms with Crippen molar-refractivity contribution in [3.63, 3.8) is 0 Å². The van der Waals surface area contributed by atoms with E-state index >= 15 is 0 Å². The van der Waals surface area contributed by atoms with Gasteiger partial charge in [0.1, 0.15) is 0 Å². The second-order valence-corrected chi connectivity index (χ2v) is 2.72. The molecule has 0 aliphatic rings. The van der Waals surface area contributed by atoms with E-state index in [4.69, 9.17) is 11.5 Å². The summed E-state index contributed by atoms with van der Waals surface area (Å²) in [5.41, 5.74) is 11.2. The van der Waals surface area contributed by atoms with Crippen LogP contribution in [0.25, 0.3) is 0 Å². The SMILES string of the molecule is CC(N)c1cnc(N)c([N+](=O)[O-])c1. The van der Waals surface area contributed by atoms with E-state index in [0.29, 0.717) is 5.56 Å². The van der Waals surface area contributed by atoms with Crippen LogP contribution in [0.3, 0.4) is 0 Å². The molecule has 6 heteroatoms. The van der Waals surface area contributed by atoms with Gasteiger partial charge < -0.3 is 11.5 Å². The monoisotopic (exact) mass is 182 g/mol. The van der Waals surface area contributed by atoms with Crippen molar-refractivity contribution in [1.82, 2.24) is 4.98 Å². The third-order valence-electron chi connectivity index (χ3n) is 1.64. The molecule has 1 aromatic rings. The summed E-state index contributed by atoms with van der Waals surface area (Å²) in [6.07, 6.45) is 1.44. The fourth-order valence-corrected chi connectivity index (χ4v) is 0.875. The zero-order chi connectivity index (χ0) is 10.0. The molecular formula is C7H10N4O2. The number of anilines is 1. The Balaban J connectivity index is 3.19. The minimum Gasteiger partial charge on any atom is -0.378 e. The zero-order valence-electron chi connectivity index (χ0n) is 7.10. The molecule has 0 fully saturated rings. The summed E-state index contributed by atoms with van der Waals surface area (Å²) in [5, 5.41) is 10.4. The molecule has 0 saturated carbocycles. The van der Waals surface area contributed by atoms with Gasteiger partial charge in [0, 0.05) is 18.3 Å². The van der Waals surface area contributed by atoms with Crippen LogP contribution in [0.15, 0.2) is 12.3 Å². The van der Waals surface area contributed by atoms with Crippen LogP contribution in [0, 0.1) is 10.1 Å². The second kappa shape index (κ2) is 3.36. The van der Waals surface area contributed by atoms with E-state index in [9.17, 15) is 10.1 Å². The van der Waals surface area contributed by atoms with Crippen molar-refractivity contribution in [3.05, 3.63) is 27.9 Å². The first-order valence-electron chi connectivity index (χ1n) is 3.67. The van der Waals surface area contributed by atoms with E-state index < -0.39 is 4.92 Å². The van der Waals surface area contributed by atoms with Gasteiger partial charge in [-0.3, -0.25) is 10.1 Å². The minimum absolute atomic E-state index is 0.0885. The van der Waals surface area contributed by atoms with Crippen LogP contribution in [-0.4, -0.2) is 9.91 Å². The molecular weight excluding hydrogens is 172 g/mol. The standard InChI is InChI=1S/C7H10N4O2/c1-4(8)5-2-6(11(12)13)7(9)10-3-5/h2-4H,8H2,1H3,(H2,9,10). The van der Waals surface area contributed by atoms with Crippen LogP contribution in [-0.2, 0) is 0 Å². The van der Waals surface area contributed by atoms with Crippen molar-refractivity contribution in [2.45, 2.75) is 13.0 Å². The lowest BCUT2D eigenvalue weighted by Crippen LogP contribution is -2.07. The molecule has 0 aromatic carbocycles. The summed E-state index contributed by atoms with van der Waals surface area (Å²) in [6.45, 7) is 1.72. The first-order valence-corrected chi connectivity index (χ1v) is 3.67. The van der Waals surface area contributed by atoms with Gasteiger partial charge in [0.2, 0.25) is 5.82 Å². The Bertz CT molecular complexity index is 337. The Morgan fingerprint density at radius 1 is 1.69 bits per heavy atom. The number of nitrogens with zero attached hydrogens (tertiary/aromatic N) is 2. The predicted molar refractivity (Wildman–Crippen MR) is 47.9 cm³/mol. The molecule has 6 nitrogen and oxygen atoms in total. The minimum atomic E-state index is -0.575. The van der Waals surface area contributed by atoms with Crippen molar-refractivity contribution in [2.75, 3.05) is 5.73 Å². The Morgan fingerprint density at radius 3 is 2.77 bits per heavy atom. The van der Waals surface area contributed by atoms with Gasteiger partial charge in [-0.1, -0.05) is 0 Å². The fourth-order valence-electron chi connectivity index (χ4n) is 0.875. The van der Waals surface area contributed by atoms with E-state index in [1.807, 2.05) is 0 Å². The highest BCUT2D eigenvalue weighted by atomic mass is 16.6. The second-order valence-electron chi connectivity index (χ2n) is 2.72. The molecule has 0 aliphatic carbocycles. The maximum atomic E-state index is 10.4. The van der Waals surface area contributed by atoms with Gasteiger partial charge in [0.15, 0.2) is 0 Å². The number of rotatable bonds is 2. The molecule has 4 N–H and O–H groups in total. The van der Waals surface area contributed by atoms with E-state index in [1.54, 1.807) is 6.92 Å². The number of hydrogen-bond acceptors (Lipinski definition) is 5. The Hall–Kier alpha value is -1.69. The summed E-state index contributed by atoms with van der Waals surface area (Å²) in [4.78, 5) is 13.5. The number of hydrogen-bond donors (Lipinski definition) is 2. The summed E-state index contributed by atoms with van der Waals surface area (Å²) >= 11 is 0. The van der Waals surface area contributed by atoms with Crippen LogP contribution in [0.4, 0.5) is 11.5 Å². The number of nitrogen functional groups attached to an aromatic ring is 1. The largest absolute Gasteiger partial charge is 0.378 e. The average molecular weight is 182 g/mol. The maximum Gasteiger partial charge on any atom is 0.311 e. The highest BCUT2D eigenvalue weighted by Gasteiger charge is 2.14. The predicted octanol–water partition coefficient (Wildman–Crippen LogP) is 0.592. The molecule has 0 bridgehead atoms. The van der Waals surface area contributed by atoms with Gasteiger partial charge in [-0.15, -0.1) is 0 Å². The molecule has 1 aromatic heterocycles. The lowest BCUT2D eigenvalue weighted by molar-refractivity contribution is -0.384. The van der Waals surface area contributed by atoms with Crippen molar-refractivity contribution >= 4 is 11.5 Å². The van der Waals surface area contributed by atoms with Gasteiger partial charge in [0.05, 0.1) is 4.92 Å². The van der Waals surface area contributed by atoms with Crippen LogP contribution in [0.1, 0.15) is 18.5 Å². The third kappa shape index (κ3) is 1.91. The lowest BCUT2D eigenvalue weighted by Gasteiger charge is -2.04. The van der Waals surface area contributed by atoms with Gasteiger partial charge in [-0.25, -0.2) is 4.98 Å². The van der Waals surface area contributed by atoms with E-state index in [-0.39, 0.29) is 17.5 Å². The molecule has 0 saturated heterocycles. The highest BCUT2D eigenvalue weighted by molar-refractivity contribution is 5.53. The first kappa shape index (κ1) is 9.40. The number of pyridine rings is 1. The summed E-state index contributed by atoms with van der Waals surface area (Å²) in [7, 11) is 0. The molecule has 13 heavy (non-hydrogen) atoms. The van der Waals surface area contributed by atoms with E-state index in [0.717, 1.165) is 0 Å². The summed E-state index contributed by atoms with van der Waals surface area (Å²) < 4.78 is 0. The first-order chi connectivity index (χ1) is 6.02. The average Bonchev–Trinajstić information content (AvgIpc) is 2.04. The molecule has 0 aliphatic heterocycles. The Kier molecular flexibility index (Phi) is 2.43. The smallest absolute Gasteiger partial charge is 0.311 e. The van der Waals surface area contributed by atoms with Crippen molar-refractivity contribution < 1.29 is 4.92 Å². The van der Waals surface area contributed by atoms with Crippen molar-refractivity contribution in [2.24, 2.45) is 5.73 Å². The molecule has 1 atom stereocenters. The molecule has 1 rings (SSSR count). The maximum absolute atomic E-state index is 10.4. The van der Waals surface area contributed by atoms with Crippen LogP contribution >= 0.6 is 0 Å². The van der Waals surface area contributed by atoms with Gasteiger partial charge in [0.25, 0.3) is 0 Å². The molecule has 70 valence electrons. The van der Waals surface area contributed by atoms with E-state index in [1.165, 1.54) is 12.3 Å². The van der Waals surface area contributed by atoms with Gasteiger partial charge in [-0.05, 0) is 12.5 Å². The molecule has 0 radical (unpaired) electrons. The molecule has 0 spiro atoms. The topological polar surface area (TPSA) is 108 Å². The highest BCUT2D eigenvalue weighted by Crippen LogP contribution is 2.21. The Labute approximate surface area is 74.7 Å². The lowest BCUT2D eigenvalue weighted by atomic mass is 10.1. The van der Waals surface area contributed by atoms with Crippen LogP contribution in [0.5, 0.6) is 0 Å². The van der Waals surface area contributed by atoms with E-state index in [2.05, 4.69) is 4.98 Å². The van der Waals surface area contributed by atoms with Crippen molar-refractivity contribution in [3.8, 4) is 0 Å². The number of aromatic nitrogens is 1. The van der Waals surface area contributed by atoms with Crippen LogP contribution in [0.2, 0.25) is 0 Å². The van der Waals surface area contributed by atoms with Crippen molar-refractivity contribution in [1.29, 1.82) is 0 Å². The zero-order valence-corrected chi connectivity index (χ0v) is 7.10. The molecule has 0 amide bonds. The van der Waals surface area contributed by atoms with Gasteiger partial charge in [-0.2, -0.15) is 0 Å². The van der Waals surface area contributed by atoms with Gasteiger partial charge >= 0.3 is 5.69 Å². The number of nitrogens with two attached hydrogens (primary N) is 2. The van der Waals surface area contributed by atoms with Crippen LogP contribution < -0.4 is 11.5 Å². The summed E-state index contributed by atoms with van der Waals surface area (Å²) in [5.74, 6) is -0.0885. The fraction of sp³-hybridized carbons (Fsp3) is 0.286. The number of nitro groups is 1.